The number of nitrogens with zero attached hydrogens (tertiary/aromatic N) is 1. The van der Waals surface area contributed by atoms with Crippen molar-refractivity contribution in [2.24, 2.45) is 5.73 Å². The molecular weight excluding hydrogens is 276 g/mol. The van der Waals surface area contributed by atoms with Crippen LogP contribution in [0.15, 0.2) is 42.5 Å². The Balaban J connectivity index is 2.34. The third-order valence-corrected chi connectivity index (χ3v) is 3.35. The monoisotopic (exact) mass is 290 g/mol. The van der Waals surface area contributed by atoms with Crippen LogP contribution in [0.5, 0.6) is 5.75 Å². The van der Waals surface area contributed by atoms with Gasteiger partial charge < -0.3 is 15.7 Å². The van der Waals surface area contributed by atoms with Crippen LogP contribution in [-0.4, -0.2) is 18.1 Å². The van der Waals surface area contributed by atoms with Gasteiger partial charge in [-0.3, -0.25) is 4.79 Å². The second-order valence-electron chi connectivity index (χ2n) is 4.40. The zero-order valence-corrected chi connectivity index (χ0v) is 11.8. The number of anilines is 1. The second kappa shape index (κ2) is 5.94. The SMILES string of the molecule is CN(C(=O)c1cc(O)ccc1Cl)c1cccc(CN)c1. The molecule has 0 atom stereocenters. The van der Waals surface area contributed by atoms with Crippen molar-refractivity contribution >= 4 is 23.2 Å². The minimum Gasteiger partial charge on any atom is -0.508 e. The molecule has 4 nitrogen and oxygen atoms in total. The van der Waals surface area contributed by atoms with Crippen LogP contribution in [-0.2, 0) is 6.54 Å². The van der Waals surface area contributed by atoms with Crippen LogP contribution in [0.3, 0.4) is 0 Å². The maximum absolute atomic E-state index is 12.4. The number of hydrogen-bond acceptors (Lipinski definition) is 3. The Labute approximate surface area is 122 Å². The van der Waals surface area contributed by atoms with E-state index in [0.717, 1.165) is 11.3 Å². The average molecular weight is 291 g/mol. The first kappa shape index (κ1) is 14.4. The summed E-state index contributed by atoms with van der Waals surface area (Å²) in [7, 11) is 1.65. The lowest BCUT2D eigenvalue weighted by molar-refractivity contribution is 0.0993. The Morgan fingerprint density at radius 1 is 1.30 bits per heavy atom. The van der Waals surface area contributed by atoms with Gasteiger partial charge in [-0.25, -0.2) is 0 Å². The quantitative estimate of drug-likeness (QED) is 0.913. The number of hydrogen-bond donors (Lipinski definition) is 2. The fraction of sp³-hybridized carbons (Fsp3) is 0.133. The standard InChI is InChI=1S/C15H15ClN2O2/c1-18(11-4-2-3-10(7-11)9-17)15(20)13-8-12(19)5-6-14(13)16/h2-8,19H,9,17H2,1H3. The smallest absolute Gasteiger partial charge is 0.259 e. The predicted octanol–water partition coefficient (Wildman–Crippen LogP) is 2.78. The molecule has 0 heterocycles. The number of nitrogens with two attached hydrogens (primary N) is 1. The van der Waals surface area contributed by atoms with Crippen LogP contribution in [0.25, 0.3) is 0 Å². The van der Waals surface area contributed by atoms with Crippen LogP contribution in [0, 0.1) is 0 Å². The number of carbonyl (C=O) groups is 1. The van der Waals surface area contributed by atoms with Crippen LogP contribution < -0.4 is 10.6 Å². The lowest BCUT2D eigenvalue weighted by Crippen LogP contribution is -2.26. The van der Waals surface area contributed by atoms with Gasteiger partial charge in [0.1, 0.15) is 5.75 Å². The maximum atomic E-state index is 12.4. The summed E-state index contributed by atoms with van der Waals surface area (Å²) in [5.41, 5.74) is 7.50. The van der Waals surface area contributed by atoms with Crippen molar-refractivity contribution in [3.63, 3.8) is 0 Å². The molecule has 0 saturated carbocycles. The molecule has 0 aliphatic heterocycles. The van der Waals surface area contributed by atoms with Gasteiger partial charge in [0.25, 0.3) is 5.91 Å². The fourth-order valence-corrected chi connectivity index (χ4v) is 2.07. The highest BCUT2D eigenvalue weighted by Gasteiger charge is 2.17. The first-order valence-corrected chi connectivity index (χ1v) is 6.46. The van der Waals surface area contributed by atoms with E-state index in [9.17, 15) is 9.90 Å². The zero-order chi connectivity index (χ0) is 14.7. The van der Waals surface area contributed by atoms with Crippen molar-refractivity contribution in [1.82, 2.24) is 0 Å². The maximum Gasteiger partial charge on any atom is 0.259 e. The highest BCUT2D eigenvalue weighted by molar-refractivity contribution is 6.34. The Morgan fingerprint density at radius 3 is 2.75 bits per heavy atom. The predicted molar refractivity (Wildman–Crippen MR) is 80.2 cm³/mol. The minimum absolute atomic E-state index is 0.00172. The van der Waals surface area contributed by atoms with Crippen LogP contribution in [0.1, 0.15) is 15.9 Å². The van der Waals surface area contributed by atoms with E-state index in [2.05, 4.69) is 0 Å². The van der Waals surface area contributed by atoms with E-state index < -0.39 is 0 Å². The van der Waals surface area contributed by atoms with E-state index >= 15 is 0 Å². The molecule has 0 saturated heterocycles. The van der Waals surface area contributed by atoms with E-state index in [-0.39, 0.29) is 17.2 Å². The number of aromatic hydroxyl groups is 1. The Morgan fingerprint density at radius 2 is 2.05 bits per heavy atom. The van der Waals surface area contributed by atoms with E-state index in [0.29, 0.717) is 11.6 Å². The van der Waals surface area contributed by atoms with E-state index in [4.69, 9.17) is 17.3 Å². The molecule has 0 spiro atoms. The number of phenols is 1. The number of carbonyl (C=O) groups excluding carboxylic acids is 1. The molecule has 2 aromatic rings. The van der Waals surface area contributed by atoms with E-state index in [1.54, 1.807) is 7.05 Å². The van der Waals surface area contributed by atoms with Crippen molar-refractivity contribution in [3.05, 3.63) is 58.6 Å². The minimum atomic E-state index is -0.292. The number of amides is 1. The Kier molecular flexibility index (Phi) is 4.27. The summed E-state index contributed by atoms with van der Waals surface area (Å²) in [5, 5.41) is 9.78. The number of rotatable bonds is 3. The molecule has 0 fully saturated rings. The molecule has 1 amide bonds. The summed E-state index contributed by atoms with van der Waals surface area (Å²) in [6.07, 6.45) is 0. The van der Waals surface area contributed by atoms with Gasteiger partial charge in [0, 0.05) is 19.3 Å². The Hall–Kier alpha value is -2.04. The molecule has 0 unspecified atom stereocenters. The largest absolute Gasteiger partial charge is 0.508 e. The van der Waals surface area contributed by atoms with Gasteiger partial charge in [0.15, 0.2) is 0 Å². The normalized spacial score (nSPS) is 10.3. The summed E-state index contributed by atoms with van der Waals surface area (Å²) in [6, 6.07) is 11.7. The number of phenolic OH excluding ortho intramolecular Hbond substituents is 1. The lowest BCUT2D eigenvalue weighted by Gasteiger charge is -2.19. The van der Waals surface area contributed by atoms with Gasteiger partial charge in [-0.15, -0.1) is 0 Å². The van der Waals surface area contributed by atoms with Crippen LogP contribution in [0.2, 0.25) is 5.02 Å². The summed E-state index contributed by atoms with van der Waals surface area (Å²) < 4.78 is 0. The number of halogens is 1. The molecule has 0 radical (unpaired) electrons. The number of benzene rings is 2. The summed E-state index contributed by atoms with van der Waals surface area (Å²) in [6.45, 7) is 0.406. The van der Waals surface area contributed by atoms with E-state index in [1.165, 1.54) is 23.1 Å². The van der Waals surface area contributed by atoms with Gasteiger partial charge >= 0.3 is 0 Å². The molecular formula is C15H15ClN2O2. The summed E-state index contributed by atoms with van der Waals surface area (Å²) in [4.78, 5) is 13.9. The zero-order valence-electron chi connectivity index (χ0n) is 11.0. The third kappa shape index (κ3) is 2.92. The Bertz CT molecular complexity index is 644. The molecule has 3 N–H and O–H groups in total. The molecule has 0 aromatic heterocycles. The van der Waals surface area contributed by atoms with Gasteiger partial charge in [-0.2, -0.15) is 0 Å². The average Bonchev–Trinajstić information content (AvgIpc) is 2.48. The highest BCUT2D eigenvalue weighted by atomic mass is 35.5. The van der Waals surface area contributed by atoms with Crippen LogP contribution in [0.4, 0.5) is 5.69 Å². The molecule has 20 heavy (non-hydrogen) atoms. The van der Waals surface area contributed by atoms with Crippen molar-refractivity contribution in [1.29, 1.82) is 0 Å². The molecule has 2 rings (SSSR count). The first-order valence-electron chi connectivity index (χ1n) is 6.08. The molecule has 0 aliphatic carbocycles. The van der Waals surface area contributed by atoms with Gasteiger partial charge in [-0.05, 0) is 35.9 Å². The van der Waals surface area contributed by atoms with Crippen molar-refractivity contribution in [3.8, 4) is 5.75 Å². The molecule has 0 bridgehead atoms. The summed E-state index contributed by atoms with van der Waals surface area (Å²) >= 11 is 6.00. The van der Waals surface area contributed by atoms with E-state index in [1.807, 2.05) is 24.3 Å². The van der Waals surface area contributed by atoms with Gasteiger partial charge in [-0.1, -0.05) is 23.7 Å². The van der Waals surface area contributed by atoms with Crippen molar-refractivity contribution < 1.29 is 9.90 Å². The van der Waals surface area contributed by atoms with Gasteiger partial charge in [0.2, 0.25) is 0 Å². The highest BCUT2D eigenvalue weighted by Crippen LogP contribution is 2.24. The van der Waals surface area contributed by atoms with Crippen LogP contribution >= 0.6 is 11.6 Å². The van der Waals surface area contributed by atoms with Crippen molar-refractivity contribution in [2.45, 2.75) is 6.54 Å². The molecule has 0 aliphatic rings. The fourth-order valence-electron chi connectivity index (χ4n) is 1.87. The third-order valence-electron chi connectivity index (χ3n) is 3.02. The second-order valence-corrected chi connectivity index (χ2v) is 4.81. The lowest BCUT2D eigenvalue weighted by atomic mass is 10.1. The molecule has 2 aromatic carbocycles. The van der Waals surface area contributed by atoms with Gasteiger partial charge in [0.05, 0.1) is 10.6 Å². The first-order chi connectivity index (χ1) is 9.52. The molecule has 5 heteroatoms. The summed E-state index contributed by atoms with van der Waals surface area (Å²) in [5.74, 6) is -0.290. The topological polar surface area (TPSA) is 66.6 Å². The molecule has 104 valence electrons. The van der Waals surface area contributed by atoms with Crippen molar-refractivity contribution in [2.75, 3.05) is 11.9 Å².